The Labute approximate surface area is 150 Å². The molecule has 1 saturated heterocycles. The van der Waals surface area contributed by atoms with Crippen LogP contribution in [-0.2, 0) is 14.6 Å². The summed E-state index contributed by atoms with van der Waals surface area (Å²) < 4.78 is 25.4. The first-order valence-electron chi connectivity index (χ1n) is 7.74. The monoisotopic (exact) mass is 371 g/mol. The standard InChI is InChI=1S/C19H14ClNO3S/c20-15-10-8-14(9-11-15)19-21(18(22)12-25(19,23)24)17-7-3-5-13-4-1-2-6-16(13)17/h1-11,19H,12H2/t19-/m1/s1. The third-order valence-corrected chi connectivity index (χ3v) is 6.41. The molecule has 1 amide bonds. The van der Waals surface area contributed by atoms with Crippen LogP contribution < -0.4 is 4.90 Å². The summed E-state index contributed by atoms with van der Waals surface area (Å²) in [4.78, 5) is 14.0. The van der Waals surface area contributed by atoms with Gasteiger partial charge in [-0.25, -0.2) is 8.42 Å². The van der Waals surface area contributed by atoms with E-state index in [9.17, 15) is 13.2 Å². The quantitative estimate of drug-likeness (QED) is 0.685. The Balaban J connectivity index is 1.94. The molecular weight excluding hydrogens is 358 g/mol. The SMILES string of the molecule is O=C1CS(=O)(=O)[C@H](c2ccc(Cl)cc2)N1c1cccc2ccccc12. The number of carbonyl (C=O) groups excluding carboxylic acids is 1. The molecule has 3 aromatic carbocycles. The minimum Gasteiger partial charge on any atom is -0.289 e. The minimum absolute atomic E-state index is 0.420. The summed E-state index contributed by atoms with van der Waals surface area (Å²) in [6, 6.07) is 19.7. The Kier molecular flexibility index (Phi) is 3.78. The average Bonchev–Trinajstić information content (AvgIpc) is 2.83. The van der Waals surface area contributed by atoms with Crippen molar-refractivity contribution in [3.63, 3.8) is 0 Å². The van der Waals surface area contributed by atoms with E-state index in [0.717, 1.165) is 10.8 Å². The molecule has 6 heteroatoms. The number of hydrogen-bond acceptors (Lipinski definition) is 3. The molecule has 0 aliphatic carbocycles. The molecule has 4 nitrogen and oxygen atoms in total. The second kappa shape index (κ2) is 5.86. The van der Waals surface area contributed by atoms with Crippen LogP contribution in [0.3, 0.4) is 0 Å². The molecule has 1 aliphatic heterocycles. The van der Waals surface area contributed by atoms with E-state index in [2.05, 4.69) is 0 Å². The molecule has 0 aromatic heterocycles. The maximum Gasteiger partial charge on any atom is 0.243 e. The highest BCUT2D eigenvalue weighted by Gasteiger charge is 2.46. The molecule has 0 saturated carbocycles. The van der Waals surface area contributed by atoms with Gasteiger partial charge in [0.1, 0.15) is 5.75 Å². The average molecular weight is 372 g/mol. The Morgan fingerprint density at radius 1 is 0.920 bits per heavy atom. The number of benzene rings is 3. The lowest BCUT2D eigenvalue weighted by molar-refractivity contribution is -0.115. The van der Waals surface area contributed by atoms with Crippen molar-refractivity contribution in [2.75, 3.05) is 10.7 Å². The van der Waals surface area contributed by atoms with Crippen LogP contribution in [0.5, 0.6) is 0 Å². The molecule has 0 bridgehead atoms. The van der Waals surface area contributed by atoms with Crippen LogP contribution in [0, 0.1) is 0 Å². The van der Waals surface area contributed by atoms with Gasteiger partial charge in [-0.3, -0.25) is 9.69 Å². The summed E-state index contributed by atoms with van der Waals surface area (Å²) in [5, 5.41) is 1.27. The topological polar surface area (TPSA) is 54.5 Å². The number of carbonyl (C=O) groups is 1. The molecule has 0 unspecified atom stereocenters. The van der Waals surface area contributed by atoms with Crippen molar-refractivity contribution in [2.45, 2.75) is 5.37 Å². The predicted octanol–water partition coefficient (Wildman–Crippen LogP) is 3.95. The fourth-order valence-electron chi connectivity index (χ4n) is 3.27. The number of rotatable bonds is 2. The van der Waals surface area contributed by atoms with E-state index < -0.39 is 26.9 Å². The first kappa shape index (κ1) is 16.1. The van der Waals surface area contributed by atoms with Gasteiger partial charge in [0, 0.05) is 10.4 Å². The van der Waals surface area contributed by atoms with Gasteiger partial charge in [-0.05, 0) is 29.1 Å². The number of hydrogen-bond donors (Lipinski definition) is 0. The zero-order valence-electron chi connectivity index (χ0n) is 13.1. The summed E-state index contributed by atoms with van der Waals surface area (Å²) in [5.74, 6) is -0.917. The van der Waals surface area contributed by atoms with Crippen LogP contribution in [0.2, 0.25) is 5.02 Å². The van der Waals surface area contributed by atoms with Gasteiger partial charge in [-0.1, -0.05) is 60.1 Å². The highest BCUT2D eigenvalue weighted by atomic mass is 35.5. The fraction of sp³-hybridized carbons (Fsp3) is 0.105. The van der Waals surface area contributed by atoms with Gasteiger partial charge in [0.25, 0.3) is 0 Å². The van der Waals surface area contributed by atoms with Crippen LogP contribution in [0.1, 0.15) is 10.9 Å². The van der Waals surface area contributed by atoms with E-state index in [1.807, 2.05) is 36.4 Å². The summed E-state index contributed by atoms with van der Waals surface area (Å²) in [6.07, 6.45) is 0. The second-order valence-corrected chi connectivity index (χ2v) is 8.47. The highest BCUT2D eigenvalue weighted by Crippen LogP contribution is 2.40. The Bertz CT molecular complexity index is 1070. The number of anilines is 1. The smallest absolute Gasteiger partial charge is 0.243 e. The third-order valence-electron chi connectivity index (χ3n) is 4.35. The highest BCUT2D eigenvalue weighted by molar-refractivity contribution is 7.93. The zero-order chi connectivity index (χ0) is 17.6. The van der Waals surface area contributed by atoms with E-state index in [1.165, 1.54) is 4.90 Å². The largest absolute Gasteiger partial charge is 0.289 e. The first-order chi connectivity index (χ1) is 12.0. The molecule has 1 atom stereocenters. The van der Waals surface area contributed by atoms with Crippen LogP contribution in [0.25, 0.3) is 10.8 Å². The van der Waals surface area contributed by atoms with E-state index >= 15 is 0 Å². The molecule has 0 spiro atoms. The van der Waals surface area contributed by atoms with Crippen molar-refractivity contribution in [3.05, 3.63) is 77.3 Å². The maximum atomic E-state index is 12.7. The van der Waals surface area contributed by atoms with Crippen LogP contribution in [0.15, 0.2) is 66.7 Å². The van der Waals surface area contributed by atoms with Crippen LogP contribution in [-0.4, -0.2) is 20.1 Å². The first-order valence-corrected chi connectivity index (χ1v) is 9.83. The summed E-state index contributed by atoms with van der Waals surface area (Å²) in [6.45, 7) is 0. The Hall–Kier alpha value is -2.37. The molecule has 4 rings (SSSR count). The zero-order valence-corrected chi connectivity index (χ0v) is 14.7. The van der Waals surface area contributed by atoms with E-state index in [1.54, 1.807) is 30.3 Å². The van der Waals surface area contributed by atoms with Crippen molar-refractivity contribution in [2.24, 2.45) is 0 Å². The number of halogens is 1. The van der Waals surface area contributed by atoms with Crippen molar-refractivity contribution in [3.8, 4) is 0 Å². The van der Waals surface area contributed by atoms with Gasteiger partial charge >= 0.3 is 0 Å². The van der Waals surface area contributed by atoms with Crippen LogP contribution >= 0.6 is 11.6 Å². The molecule has 126 valence electrons. The molecule has 1 fully saturated rings. The van der Waals surface area contributed by atoms with Gasteiger partial charge in [-0.15, -0.1) is 0 Å². The molecule has 0 radical (unpaired) electrons. The van der Waals surface area contributed by atoms with E-state index in [0.29, 0.717) is 16.3 Å². The lowest BCUT2D eigenvalue weighted by atomic mass is 10.1. The van der Waals surface area contributed by atoms with Crippen molar-refractivity contribution >= 4 is 43.8 Å². The summed E-state index contributed by atoms with van der Waals surface area (Å²) in [5.41, 5.74) is 1.13. The molecule has 0 N–H and O–H groups in total. The van der Waals surface area contributed by atoms with Crippen molar-refractivity contribution in [1.82, 2.24) is 0 Å². The Morgan fingerprint density at radius 2 is 1.60 bits per heavy atom. The van der Waals surface area contributed by atoms with Crippen LogP contribution in [0.4, 0.5) is 5.69 Å². The van der Waals surface area contributed by atoms with Gasteiger partial charge in [-0.2, -0.15) is 0 Å². The van der Waals surface area contributed by atoms with E-state index in [4.69, 9.17) is 11.6 Å². The van der Waals surface area contributed by atoms with Gasteiger partial charge in [0.15, 0.2) is 15.2 Å². The normalized spacial score (nSPS) is 19.5. The van der Waals surface area contributed by atoms with Crippen molar-refractivity contribution < 1.29 is 13.2 Å². The number of amides is 1. The van der Waals surface area contributed by atoms with E-state index in [-0.39, 0.29) is 0 Å². The third kappa shape index (κ3) is 2.69. The lowest BCUT2D eigenvalue weighted by Gasteiger charge is -2.25. The Morgan fingerprint density at radius 3 is 2.36 bits per heavy atom. The van der Waals surface area contributed by atoms with Gasteiger partial charge in [0.05, 0.1) is 5.69 Å². The van der Waals surface area contributed by atoms with Gasteiger partial charge in [0.2, 0.25) is 5.91 Å². The van der Waals surface area contributed by atoms with Gasteiger partial charge < -0.3 is 0 Å². The molecule has 25 heavy (non-hydrogen) atoms. The lowest BCUT2D eigenvalue weighted by Crippen LogP contribution is -2.29. The van der Waals surface area contributed by atoms with Crippen molar-refractivity contribution in [1.29, 1.82) is 0 Å². The number of sulfone groups is 1. The molecular formula is C19H14ClNO3S. The number of nitrogens with zero attached hydrogens (tertiary/aromatic N) is 1. The maximum absolute atomic E-state index is 12.7. The minimum atomic E-state index is -3.63. The summed E-state index contributed by atoms with van der Waals surface area (Å²) >= 11 is 5.92. The second-order valence-electron chi connectivity index (χ2n) is 5.97. The number of fused-ring (bicyclic) bond motifs is 1. The fourth-order valence-corrected chi connectivity index (χ4v) is 5.17. The predicted molar refractivity (Wildman–Crippen MR) is 99.4 cm³/mol. The molecule has 1 heterocycles. The summed E-state index contributed by atoms with van der Waals surface area (Å²) in [7, 11) is -3.63. The molecule has 1 aliphatic rings. The molecule has 3 aromatic rings.